The van der Waals surface area contributed by atoms with Crippen LogP contribution >= 0.6 is 11.3 Å². The molecule has 26 heavy (non-hydrogen) atoms. The lowest BCUT2D eigenvalue weighted by Gasteiger charge is -2.26. The summed E-state index contributed by atoms with van der Waals surface area (Å²) in [4.78, 5) is 29.8. The number of nitrogens with one attached hydrogen (secondary N) is 1. The first-order chi connectivity index (χ1) is 12.3. The molecule has 0 bridgehead atoms. The smallest absolute Gasteiger partial charge is 0.357 e. The van der Waals surface area contributed by atoms with Gasteiger partial charge in [-0.3, -0.25) is 0 Å². The van der Waals surface area contributed by atoms with Gasteiger partial charge in [-0.05, 0) is 32.9 Å². The molecule has 140 valence electrons. The monoisotopic (exact) mass is 383 g/mol. The molecule has 6 nitrogen and oxygen atoms in total. The van der Waals surface area contributed by atoms with Gasteiger partial charge in [0.2, 0.25) is 0 Å². The molecule has 1 aromatic heterocycles. The molecule has 0 spiro atoms. The minimum absolute atomic E-state index is 0.144. The second-order valence-electron chi connectivity index (χ2n) is 5.63. The lowest BCUT2D eigenvalue weighted by molar-refractivity contribution is 0.0520. The Labute approximate surface area is 153 Å². The fourth-order valence-electron chi connectivity index (χ4n) is 2.09. The Morgan fingerprint density at radius 3 is 2.65 bits per heavy atom. The van der Waals surface area contributed by atoms with E-state index in [1.165, 1.54) is 22.3 Å². The Morgan fingerprint density at radius 1 is 1.31 bits per heavy atom. The fourth-order valence-corrected chi connectivity index (χ4v) is 2.85. The Morgan fingerprint density at radius 2 is 2.04 bits per heavy atom. The maximum Gasteiger partial charge on any atom is 0.357 e. The van der Waals surface area contributed by atoms with Gasteiger partial charge in [0.25, 0.3) is 0 Å². The first-order valence-electron chi connectivity index (χ1n) is 7.96. The van der Waals surface area contributed by atoms with Crippen molar-refractivity contribution >= 4 is 29.0 Å². The molecule has 1 N–H and O–H groups in total. The molecule has 0 fully saturated rings. The van der Waals surface area contributed by atoms with E-state index in [1.807, 2.05) is 13.8 Å². The molecule has 9 heteroatoms. The molecule has 0 radical (unpaired) electrons. The van der Waals surface area contributed by atoms with E-state index in [0.717, 1.165) is 12.1 Å². The van der Waals surface area contributed by atoms with Crippen molar-refractivity contribution in [2.45, 2.75) is 33.4 Å². The molecule has 1 heterocycles. The summed E-state index contributed by atoms with van der Waals surface area (Å²) in [6.07, 6.45) is 0. The second-order valence-corrected chi connectivity index (χ2v) is 6.57. The number of nitrogens with zero attached hydrogens (tertiary/aromatic N) is 2. The van der Waals surface area contributed by atoms with Crippen molar-refractivity contribution in [2.24, 2.45) is 0 Å². The van der Waals surface area contributed by atoms with E-state index < -0.39 is 23.6 Å². The quantitative estimate of drug-likeness (QED) is 0.764. The van der Waals surface area contributed by atoms with Crippen LogP contribution in [0.15, 0.2) is 23.6 Å². The topological polar surface area (TPSA) is 71.5 Å². The number of ether oxygens (including phenoxy) is 1. The number of carbonyl (C=O) groups is 2. The average molecular weight is 383 g/mol. The summed E-state index contributed by atoms with van der Waals surface area (Å²) < 4.78 is 31.2. The molecule has 0 aliphatic carbocycles. The molecule has 2 rings (SSSR count). The van der Waals surface area contributed by atoms with Crippen LogP contribution in [0, 0.1) is 11.6 Å². The van der Waals surface area contributed by atoms with E-state index in [1.54, 1.807) is 12.3 Å². The van der Waals surface area contributed by atoms with Crippen LogP contribution < -0.4 is 5.32 Å². The number of rotatable bonds is 6. The van der Waals surface area contributed by atoms with Crippen molar-refractivity contribution in [1.29, 1.82) is 0 Å². The minimum Gasteiger partial charge on any atom is -0.461 e. The summed E-state index contributed by atoms with van der Waals surface area (Å²) in [6, 6.07) is 2.46. The molecular formula is C17H19F2N3O3S. The highest BCUT2D eigenvalue weighted by Crippen LogP contribution is 2.18. The van der Waals surface area contributed by atoms with Gasteiger partial charge in [-0.2, -0.15) is 0 Å². The predicted molar refractivity (Wildman–Crippen MR) is 94.1 cm³/mol. The van der Waals surface area contributed by atoms with Gasteiger partial charge in [0.15, 0.2) is 17.3 Å². The van der Waals surface area contributed by atoms with Crippen LogP contribution in [0.5, 0.6) is 0 Å². The molecule has 0 saturated heterocycles. The Bertz CT molecular complexity index is 795. The molecule has 0 unspecified atom stereocenters. The van der Waals surface area contributed by atoms with Gasteiger partial charge in [-0.25, -0.2) is 23.4 Å². The number of esters is 1. The van der Waals surface area contributed by atoms with Crippen molar-refractivity contribution in [1.82, 2.24) is 9.88 Å². The van der Waals surface area contributed by atoms with Gasteiger partial charge in [0, 0.05) is 23.2 Å². The number of carbonyl (C=O) groups excluding carboxylic acids is 2. The molecule has 0 saturated carbocycles. The molecule has 2 aromatic rings. The average Bonchev–Trinajstić information content (AvgIpc) is 3.05. The molecule has 0 aliphatic rings. The molecule has 1 aromatic carbocycles. The van der Waals surface area contributed by atoms with Crippen molar-refractivity contribution in [3.8, 4) is 0 Å². The largest absolute Gasteiger partial charge is 0.461 e. The third-order valence-electron chi connectivity index (χ3n) is 3.40. The standard InChI is InChI=1S/C17H19F2N3O3S/c1-4-25-16(23)14-9-26-15(21-14)8-22(10(2)3)17(24)20-11-5-6-12(18)13(19)7-11/h5-7,9-10H,4,8H2,1-3H3,(H,20,24). The fraction of sp³-hybridized carbons (Fsp3) is 0.353. The lowest BCUT2D eigenvalue weighted by Crippen LogP contribution is -2.39. The molecule has 0 atom stereocenters. The van der Waals surface area contributed by atoms with Crippen LogP contribution in [0.3, 0.4) is 0 Å². The zero-order valence-electron chi connectivity index (χ0n) is 14.6. The minimum atomic E-state index is -1.04. The van der Waals surface area contributed by atoms with Crippen molar-refractivity contribution in [3.63, 3.8) is 0 Å². The van der Waals surface area contributed by atoms with Gasteiger partial charge in [-0.1, -0.05) is 0 Å². The lowest BCUT2D eigenvalue weighted by atomic mass is 10.3. The SMILES string of the molecule is CCOC(=O)c1csc(CN(C(=O)Nc2ccc(F)c(F)c2)C(C)C)n1. The van der Waals surface area contributed by atoms with E-state index in [9.17, 15) is 18.4 Å². The summed E-state index contributed by atoms with van der Waals surface area (Å²) >= 11 is 1.23. The Hall–Kier alpha value is -2.55. The van der Waals surface area contributed by atoms with Gasteiger partial charge in [0.05, 0.1) is 13.2 Å². The summed E-state index contributed by atoms with van der Waals surface area (Å²) in [7, 11) is 0. The predicted octanol–water partition coefficient (Wildman–Crippen LogP) is 4.04. The van der Waals surface area contributed by atoms with Crippen molar-refractivity contribution in [2.75, 3.05) is 11.9 Å². The zero-order chi connectivity index (χ0) is 19.3. The first-order valence-corrected chi connectivity index (χ1v) is 8.84. The zero-order valence-corrected chi connectivity index (χ0v) is 15.4. The number of amides is 2. The number of halogens is 2. The molecule has 0 aliphatic heterocycles. The third-order valence-corrected chi connectivity index (χ3v) is 4.23. The first kappa shape index (κ1) is 19.8. The molecule has 2 amide bonds. The van der Waals surface area contributed by atoms with Gasteiger partial charge in [0.1, 0.15) is 5.01 Å². The summed E-state index contributed by atoms with van der Waals surface area (Å²) in [5, 5.41) is 4.65. The third kappa shape index (κ3) is 4.98. The Kier molecular flexibility index (Phi) is 6.62. The van der Waals surface area contributed by atoms with Crippen LogP contribution in [0.25, 0.3) is 0 Å². The highest BCUT2D eigenvalue weighted by molar-refractivity contribution is 7.09. The van der Waals surface area contributed by atoms with Crippen LogP contribution in [-0.2, 0) is 11.3 Å². The maximum absolute atomic E-state index is 13.3. The number of urea groups is 1. The normalized spacial score (nSPS) is 10.7. The van der Waals surface area contributed by atoms with Gasteiger partial charge < -0.3 is 15.0 Å². The van der Waals surface area contributed by atoms with E-state index in [0.29, 0.717) is 5.01 Å². The number of thiazole rings is 1. The summed E-state index contributed by atoms with van der Waals surface area (Å²) in [5.74, 6) is -2.55. The maximum atomic E-state index is 13.3. The van der Waals surface area contributed by atoms with E-state index in [4.69, 9.17) is 4.74 Å². The summed E-state index contributed by atoms with van der Waals surface area (Å²) in [6.45, 7) is 5.74. The van der Waals surface area contributed by atoms with Crippen molar-refractivity contribution < 1.29 is 23.1 Å². The van der Waals surface area contributed by atoms with Crippen LogP contribution in [0.1, 0.15) is 36.3 Å². The van der Waals surface area contributed by atoms with Gasteiger partial charge >= 0.3 is 12.0 Å². The van der Waals surface area contributed by atoms with E-state index in [-0.39, 0.29) is 30.6 Å². The van der Waals surface area contributed by atoms with Crippen molar-refractivity contribution in [3.05, 3.63) is 45.9 Å². The summed E-state index contributed by atoms with van der Waals surface area (Å²) in [5.41, 5.74) is 0.336. The number of hydrogen-bond donors (Lipinski definition) is 1. The number of anilines is 1. The van der Waals surface area contributed by atoms with E-state index >= 15 is 0 Å². The second kappa shape index (κ2) is 8.70. The van der Waals surface area contributed by atoms with Gasteiger partial charge in [-0.15, -0.1) is 11.3 Å². The Balaban J connectivity index is 2.09. The van der Waals surface area contributed by atoms with Crippen LogP contribution in [0.2, 0.25) is 0 Å². The highest BCUT2D eigenvalue weighted by atomic mass is 32.1. The number of aromatic nitrogens is 1. The highest BCUT2D eigenvalue weighted by Gasteiger charge is 2.21. The van der Waals surface area contributed by atoms with Crippen LogP contribution in [0.4, 0.5) is 19.3 Å². The number of hydrogen-bond acceptors (Lipinski definition) is 5. The van der Waals surface area contributed by atoms with E-state index in [2.05, 4.69) is 10.3 Å². The van der Waals surface area contributed by atoms with Crippen LogP contribution in [-0.4, -0.2) is 34.5 Å². The number of benzene rings is 1. The molecular weight excluding hydrogens is 364 g/mol.